The smallest absolute Gasteiger partial charge is 0.244 e. The van der Waals surface area contributed by atoms with Crippen LogP contribution in [0, 0.1) is 19.8 Å². The second-order valence-electron chi connectivity index (χ2n) is 6.87. The average Bonchev–Trinajstić information content (AvgIpc) is 2.41. The molecular formula is C18H30N2O3S. The molecule has 1 amide bonds. The van der Waals surface area contributed by atoms with Crippen LogP contribution in [0.1, 0.15) is 45.2 Å². The fourth-order valence-corrected chi connectivity index (χ4v) is 3.82. The van der Waals surface area contributed by atoms with E-state index in [0.717, 1.165) is 17.4 Å². The monoisotopic (exact) mass is 354 g/mol. The molecule has 1 aromatic carbocycles. The Balaban J connectivity index is 3.30. The van der Waals surface area contributed by atoms with Crippen LogP contribution in [0.15, 0.2) is 18.2 Å². The van der Waals surface area contributed by atoms with Gasteiger partial charge in [-0.2, -0.15) is 0 Å². The van der Waals surface area contributed by atoms with Gasteiger partial charge in [0.15, 0.2) is 0 Å². The quantitative estimate of drug-likeness (QED) is 0.818. The summed E-state index contributed by atoms with van der Waals surface area (Å²) in [6.45, 7) is 11.6. The van der Waals surface area contributed by atoms with E-state index in [9.17, 15) is 13.2 Å². The maximum absolute atomic E-state index is 12.7. The molecule has 24 heavy (non-hydrogen) atoms. The number of anilines is 1. The summed E-state index contributed by atoms with van der Waals surface area (Å²) in [5, 5.41) is 2.94. The van der Waals surface area contributed by atoms with Gasteiger partial charge < -0.3 is 5.32 Å². The zero-order valence-electron chi connectivity index (χ0n) is 15.8. The Kier molecular flexibility index (Phi) is 6.84. The van der Waals surface area contributed by atoms with Crippen molar-refractivity contribution < 1.29 is 13.2 Å². The van der Waals surface area contributed by atoms with E-state index in [2.05, 4.69) is 5.32 Å². The van der Waals surface area contributed by atoms with E-state index in [4.69, 9.17) is 0 Å². The third kappa shape index (κ3) is 5.23. The Morgan fingerprint density at radius 1 is 1.12 bits per heavy atom. The molecule has 0 aromatic heterocycles. The van der Waals surface area contributed by atoms with Gasteiger partial charge in [0.2, 0.25) is 15.9 Å². The van der Waals surface area contributed by atoms with Crippen molar-refractivity contribution in [1.82, 2.24) is 5.32 Å². The van der Waals surface area contributed by atoms with Crippen molar-refractivity contribution in [2.45, 2.75) is 60.0 Å². The highest BCUT2D eigenvalue weighted by Gasteiger charge is 2.32. The molecule has 0 bridgehead atoms. The van der Waals surface area contributed by atoms with Gasteiger partial charge in [-0.05, 0) is 56.4 Å². The highest BCUT2D eigenvalue weighted by molar-refractivity contribution is 7.92. The van der Waals surface area contributed by atoms with E-state index in [1.54, 1.807) is 12.1 Å². The predicted octanol–water partition coefficient (Wildman–Crippen LogP) is 3.01. The minimum absolute atomic E-state index is 0.0211. The summed E-state index contributed by atoms with van der Waals surface area (Å²) in [5.41, 5.74) is 2.46. The largest absolute Gasteiger partial charge is 0.352 e. The van der Waals surface area contributed by atoms with Gasteiger partial charge in [-0.1, -0.05) is 26.8 Å². The van der Waals surface area contributed by atoms with Gasteiger partial charge >= 0.3 is 0 Å². The molecule has 0 aliphatic heterocycles. The molecule has 136 valence electrons. The first-order valence-electron chi connectivity index (χ1n) is 8.35. The fraction of sp³-hybridized carbons (Fsp3) is 0.611. The zero-order valence-corrected chi connectivity index (χ0v) is 16.6. The summed E-state index contributed by atoms with van der Waals surface area (Å²) in [6.07, 6.45) is 1.54. The first kappa shape index (κ1) is 20.5. The second kappa shape index (κ2) is 8.01. The molecule has 1 N–H and O–H groups in total. The number of benzene rings is 1. The molecule has 0 radical (unpaired) electrons. The Morgan fingerprint density at radius 3 is 2.00 bits per heavy atom. The van der Waals surface area contributed by atoms with Crippen LogP contribution in [0.4, 0.5) is 5.69 Å². The summed E-state index contributed by atoms with van der Waals surface area (Å²) in [5.74, 6) is 0.0163. The number of nitrogens with zero attached hydrogens (tertiary/aromatic N) is 1. The molecule has 0 aliphatic rings. The lowest BCUT2D eigenvalue weighted by Gasteiger charge is -2.32. The normalized spacial score (nSPS) is 14.3. The summed E-state index contributed by atoms with van der Waals surface area (Å²) in [4.78, 5) is 12.7. The number of sulfonamides is 1. The van der Waals surface area contributed by atoms with E-state index in [0.29, 0.717) is 12.1 Å². The first-order chi connectivity index (χ1) is 11.0. The standard InChI is InChI=1S/C18H30N2O3S/c1-8-17(18(21)19-15(6)12(2)3)20(24(7,22)23)16-10-13(4)9-14(5)11-16/h9-12,15,17H,8H2,1-7H3,(H,19,21). The maximum Gasteiger partial charge on any atom is 0.244 e. The van der Waals surface area contributed by atoms with Crippen LogP contribution < -0.4 is 9.62 Å². The number of carbonyl (C=O) groups excluding carboxylic acids is 1. The topological polar surface area (TPSA) is 66.5 Å². The minimum atomic E-state index is -3.59. The van der Waals surface area contributed by atoms with Crippen LogP contribution in [0.5, 0.6) is 0 Å². The SMILES string of the molecule is CCC(C(=O)NC(C)C(C)C)N(c1cc(C)cc(C)c1)S(C)(=O)=O. The van der Waals surface area contributed by atoms with Crippen LogP contribution in [0.3, 0.4) is 0 Å². The van der Waals surface area contributed by atoms with Crippen LogP contribution in [0.25, 0.3) is 0 Å². The number of carbonyl (C=O) groups is 1. The second-order valence-corrected chi connectivity index (χ2v) is 8.73. The van der Waals surface area contributed by atoms with Gasteiger partial charge in [0.05, 0.1) is 11.9 Å². The number of hydrogen-bond donors (Lipinski definition) is 1. The fourth-order valence-electron chi connectivity index (χ4n) is 2.63. The van der Waals surface area contributed by atoms with Crippen molar-refractivity contribution >= 4 is 21.6 Å². The van der Waals surface area contributed by atoms with Gasteiger partial charge in [0, 0.05) is 6.04 Å². The summed E-state index contributed by atoms with van der Waals surface area (Å²) in [7, 11) is -3.59. The Hall–Kier alpha value is -1.56. The van der Waals surface area contributed by atoms with Crippen LogP contribution in [-0.2, 0) is 14.8 Å². The number of aryl methyl sites for hydroxylation is 2. The van der Waals surface area contributed by atoms with E-state index in [1.165, 1.54) is 4.31 Å². The summed E-state index contributed by atoms with van der Waals surface area (Å²) >= 11 is 0. The molecule has 2 unspecified atom stereocenters. The molecule has 0 aliphatic carbocycles. The number of amides is 1. The Bertz CT molecular complexity index is 663. The van der Waals surface area contributed by atoms with Crippen molar-refractivity contribution in [3.05, 3.63) is 29.3 Å². The van der Waals surface area contributed by atoms with Crippen LogP contribution in [0.2, 0.25) is 0 Å². The molecule has 0 saturated carbocycles. The van der Waals surface area contributed by atoms with Gasteiger partial charge in [0.25, 0.3) is 0 Å². The Morgan fingerprint density at radius 2 is 1.62 bits per heavy atom. The summed E-state index contributed by atoms with van der Waals surface area (Å²) in [6, 6.07) is 4.80. The van der Waals surface area contributed by atoms with Gasteiger partial charge in [-0.25, -0.2) is 8.42 Å². The average molecular weight is 355 g/mol. The third-order valence-corrected chi connectivity index (χ3v) is 5.34. The Labute approximate surface area is 146 Å². The molecule has 2 atom stereocenters. The number of rotatable bonds is 7. The molecule has 6 heteroatoms. The van der Waals surface area contributed by atoms with Gasteiger partial charge in [0.1, 0.15) is 6.04 Å². The van der Waals surface area contributed by atoms with Crippen LogP contribution in [-0.4, -0.2) is 32.7 Å². The lowest BCUT2D eigenvalue weighted by Crippen LogP contribution is -2.52. The van der Waals surface area contributed by atoms with Crippen molar-refractivity contribution in [2.75, 3.05) is 10.6 Å². The van der Waals surface area contributed by atoms with Gasteiger partial charge in [-0.15, -0.1) is 0 Å². The van der Waals surface area contributed by atoms with Crippen LogP contribution >= 0.6 is 0 Å². The molecular weight excluding hydrogens is 324 g/mol. The lowest BCUT2D eigenvalue weighted by atomic mass is 10.1. The summed E-state index contributed by atoms with van der Waals surface area (Å²) < 4.78 is 26.1. The predicted molar refractivity (Wildman–Crippen MR) is 99.8 cm³/mol. The zero-order chi connectivity index (χ0) is 18.7. The molecule has 0 saturated heterocycles. The van der Waals surface area contributed by atoms with Crippen molar-refractivity contribution in [2.24, 2.45) is 5.92 Å². The van der Waals surface area contributed by atoms with E-state index in [-0.39, 0.29) is 17.9 Å². The van der Waals surface area contributed by atoms with Gasteiger partial charge in [-0.3, -0.25) is 9.10 Å². The van der Waals surface area contributed by atoms with Crippen molar-refractivity contribution in [3.8, 4) is 0 Å². The molecule has 1 rings (SSSR count). The maximum atomic E-state index is 12.7. The molecule has 5 nitrogen and oxygen atoms in total. The highest BCUT2D eigenvalue weighted by Crippen LogP contribution is 2.25. The van der Waals surface area contributed by atoms with Crippen molar-refractivity contribution in [3.63, 3.8) is 0 Å². The lowest BCUT2D eigenvalue weighted by molar-refractivity contribution is -0.123. The minimum Gasteiger partial charge on any atom is -0.352 e. The highest BCUT2D eigenvalue weighted by atomic mass is 32.2. The number of hydrogen-bond acceptors (Lipinski definition) is 3. The van der Waals surface area contributed by atoms with E-state index >= 15 is 0 Å². The number of nitrogens with one attached hydrogen (secondary N) is 1. The first-order valence-corrected chi connectivity index (χ1v) is 10.2. The van der Waals surface area contributed by atoms with E-state index < -0.39 is 16.1 Å². The van der Waals surface area contributed by atoms with E-state index in [1.807, 2.05) is 47.6 Å². The van der Waals surface area contributed by atoms with Crippen molar-refractivity contribution in [1.29, 1.82) is 0 Å². The third-order valence-electron chi connectivity index (χ3n) is 4.16. The molecule has 0 fully saturated rings. The molecule has 0 heterocycles. The molecule has 0 spiro atoms. The molecule has 1 aromatic rings.